The van der Waals surface area contributed by atoms with Gasteiger partial charge in [-0.1, -0.05) is 31.5 Å². The van der Waals surface area contributed by atoms with Gasteiger partial charge >= 0.3 is 0 Å². The Bertz CT molecular complexity index is 709. The van der Waals surface area contributed by atoms with Gasteiger partial charge in [0.15, 0.2) is 0 Å². The Balaban J connectivity index is 1.97. The Morgan fingerprint density at radius 3 is 2.68 bits per heavy atom. The van der Waals surface area contributed by atoms with E-state index in [1.807, 2.05) is 12.1 Å². The summed E-state index contributed by atoms with van der Waals surface area (Å²) in [5.74, 6) is 2.18. The third-order valence-corrected chi connectivity index (χ3v) is 4.18. The molecule has 0 bridgehead atoms. The van der Waals surface area contributed by atoms with Crippen LogP contribution in [0.4, 0.5) is 5.88 Å². The molecule has 1 fully saturated rings. The summed E-state index contributed by atoms with van der Waals surface area (Å²) in [6.07, 6.45) is 1.20. The highest BCUT2D eigenvalue weighted by molar-refractivity contribution is 6.30. The molecule has 1 aromatic heterocycles. The molecule has 2 atom stereocenters. The van der Waals surface area contributed by atoms with E-state index in [1.54, 1.807) is 12.1 Å². The van der Waals surface area contributed by atoms with Crippen LogP contribution in [0, 0.1) is 23.2 Å². The van der Waals surface area contributed by atoms with Gasteiger partial charge in [0, 0.05) is 23.7 Å². The van der Waals surface area contributed by atoms with E-state index in [0.29, 0.717) is 34.3 Å². The van der Waals surface area contributed by atoms with Gasteiger partial charge in [0.2, 0.25) is 17.5 Å². The number of rotatable bonds is 2. The summed E-state index contributed by atoms with van der Waals surface area (Å²) in [6, 6.07) is 9.46. The molecule has 0 N–H and O–H groups in total. The molecule has 1 aliphatic heterocycles. The molecule has 0 radical (unpaired) electrons. The Labute approximate surface area is 135 Å². The summed E-state index contributed by atoms with van der Waals surface area (Å²) in [5, 5.41) is 9.99. The van der Waals surface area contributed by atoms with Gasteiger partial charge in [-0.25, -0.2) is 0 Å². The van der Waals surface area contributed by atoms with Crippen molar-refractivity contribution in [3.05, 3.63) is 35.0 Å². The molecule has 0 aliphatic carbocycles. The van der Waals surface area contributed by atoms with Crippen LogP contribution in [0.1, 0.15) is 26.0 Å². The summed E-state index contributed by atoms with van der Waals surface area (Å²) in [5.41, 5.74) is 1.13. The highest BCUT2D eigenvalue weighted by Crippen LogP contribution is 2.33. The average molecular weight is 316 g/mol. The van der Waals surface area contributed by atoms with Crippen molar-refractivity contribution in [2.75, 3.05) is 18.0 Å². The van der Waals surface area contributed by atoms with Gasteiger partial charge in [-0.05, 0) is 36.5 Å². The summed E-state index contributed by atoms with van der Waals surface area (Å²) in [4.78, 5) is 6.47. The molecule has 2 heterocycles. The fraction of sp³-hybridized carbons (Fsp3) is 0.412. The van der Waals surface area contributed by atoms with E-state index >= 15 is 0 Å². The van der Waals surface area contributed by atoms with E-state index < -0.39 is 0 Å². The van der Waals surface area contributed by atoms with E-state index in [9.17, 15) is 5.26 Å². The zero-order valence-corrected chi connectivity index (χ0v) is 13.5. The topological polar surface area (TPSA) is 53.1 Å². The number of benzene rings is 1. The van der Waals surface area contributed by atoms with Gasteiger partial charge in [-0.15, -0.1) is 0 Å². The van der Waals surface area contributed by atoms with Crippen molar-refractivity contribution < 1.29 is 4.42 Å². The quantitative estimate of drug-likeness (QED) is 0.826. The molecule has 0 unspecified atom stereocenters. The number of anilines is 1. The number of halogens is 1. The molecule has 1 aliphatic rings. The molecular formula is C17H18ClN3O. The lowest BCUT2D eigenvalue weighted by Gasteiger charge is -2.34. The molecule has 1 aromatic carbocycles. The van der Waals surface area contributed by atoms with Gasteiger partial charge in [0.25, 0.3) is 0 Å². The monoisotopic (exact) mass is 315 g/mol. The second-order valence-corrected chi connectivity index (χ2v) is 6.58. The van der Waals surface area contributed by atoms with Crippen molar-refractivity contribution in [2.45, 2.75) is 20.3 Å². The Kier molecular flexibility index (Phi) is 4.08. The second-order valence-electron chi connectivity index (χ2n) is 6.15. The number of piperidine rings is 1. The number of hydrogen-bond acceptors (Lipinski definition) is 4. The fourth-order valence-electron chi connectivity index (χ4n) is 3.17. The van der Waals surface area contributed by atoms with Crippen molar-refractivity contribution >= 4 is 17.5 Å². The van der Waals surface area contributed by atoms with Crippen molar-refractivity contribution in [3.63, 3.8) is 0 Å². The number of oxazole rings is 1. The molecule has 4 nitrogen and oxygen atoms in total. The van der Waals surface area contributed by atoms with Crippen LogP contribution in [0.25, 0.3) is 11.5 Å². The lowest BCUT2D eigenvalue weighted by Crippen LogP contribution is -2.38. The predicted octanol–water partition coefficient (Wildman–Crippen LogP) is 4.35. The molecule has 0 saturated carbocycles. The maximum atomic E-state index is 9.37. The predicted molar refractivity (Wildman–Crippen MR) is 86.8 cm³/mol. The first kappa shape index (κ1) is 14.9. The van der Waals surface area contributed by atoms with E-state index in [2.05, 4.69) is 29.8 Å². The van der Waals surface area contributed by atoms with Crippen molar-refractivity contribution in [3.8, 4) is 17.5 Å². The maximum absolute atomic E-state index is 9.37. The van der Waals surface area contributed by atoms with Crippen LogP contribution in [0.2, 0.25) is 5.02 Å². The van der Waals surface area contributed by atoms with Crippen LogP contribution in [0.15, 0.2) is 28.7 Å². The third kappa shape index (κ3) is 2.95. The van der Waals surface area contributed by atoms with Crippen LogP contribution >= 0.6 is 11.6 Å². The average Bonchev–Trinajstić information content (AvgIpc) is 2.90. The van der Waals surface area contributed by atoms with Crippen LogP contribution in [0.3, 0.4) is 0 Å². The fourth-order valence-corrected chi connectivity index (χ4v) is 3.36. The smallest absolute Gasteiger partial charge is 0.235 e. The normalized spacial score (nSPS) is 21.6. The third-order valence-electron chi connectivity index (χ3n) is 3.94. The van der Waals surface area contributed by atoms with E-state index in [4.69, 9.17) is 16.0 Å². The molecule has 0 amide bonds. The first-order valence-corrected chi connectivity index (χ1v) is 7.86. The lowest BCUT2D eigenvalue weighted by molar-refractivity contribution is 0.344. The van der Waals surface area contributed by atoms with Crippen molar-refractivity contribution in [1.29, 1.82) is 5.26 Å². The minimum Gasteiger partial charge on any atom is -0.419 e. The summed E-state index contributed by atoms with van der Waals surface area (Å²) >= 11 is 6.02. The van der Waals surface area contributed by atoms with E-state index in [0.717, 1.165) is 18.7 Å². The molecule has 22 heavy (non-hydrogen) atoms. The summed E-state index contributed by atoms with van der Waals surface area (Å²) in [7, 11) is 0. The highest BCUT2D eigenvalue weighted by Gasteiger charge is 2.27. The minimum atomic E-state index is 0.344. The number of aromatic nitrogens is 1. The SMILES string of the molecule is C[C@@H]1C[C@H](C)CN(c2oc(-c3cccc(Cl)c3)nc2C#N)C1. The second kappa shape index (κ2) is 6.02. The van der Waals surface area contributed by atoms with Gasteiger partial charge < -0.3 is 9.32 Å². The van der Waals surface area contributed by atoms with Gasteiger partial charge in [0.05, 0.1) is 0 Å². The van der Waals surface area contributed by atoms with Gasteiger partial charge in [-0.3, -0.25) is 0 Å². The number of nitriles is 1. The Morgan fingerprint density at radius 2 is 2.05 bits per heavy atom. The molecule has 1 saturated heterocycles. The standard InChI is InChI=1S/C17H18ClN3O/c1-11-6-12(2)10-21(9-11)17-15(8-19)20-16(22-17)13-4-3-5-14(18)7-13/h3-5,7,11-12H,6,9-10H2,1-2H3/t11-,12+. The van der Waals surface area contributed by atoms with Gasteiger partial charge in [0.1, 0.15) is 6.07 Å². The van der Waals surface area contributed by atoms with E-state index in [1.165, 1.54) is 6.42 Å². The molecule has 5 heteroatoms. The zero-order valence-electron chi connectivity index (χ0n) is 12.7. The van der Waals surface area contributed by atoms with Crippen LogP contribution < -0.4 is 4.90 Å². The molecule has 114 valence electrons. The maximum Gasteiger partial charge on any atom is 0.235 e. The summed E-state index contributed by atoms with van der Waals surface area (Å²) in [6.45, 7) is 6.23. The van der Waals surface area contributed by atoms with Crippen molar-refractivity contribution in [1.82, 2.24) is 4.98 Å². The molecule has 0 spiro atoms. The van der Waals surface area contributed by atoms with E-state index in [-0.39, 0.29) is 0 Å². The van der Waals surface area contributed by atoms with Crippen molar-refractivity contribution in [2.24, 2.45) is 11.8 Å². The molecule has 3 rings (SSSR count). The lowest BCUT2D eigenvalue weighted by atomic mass is 9.92. The first-order chi connectivity index (χ1) is 10.6. The molecular weight excluding hydrogens is 298 g/mol. The zero-order chi connectivity index (χ0) is 15.7. The van der Waals surface area contributed by atoms with Crippen LogP contribution in [-0.4, -0.2) is 18.1 Å². The molecule has 2 aromatic rings. The highest BCUT2D eigenvalue weighted by atomic mass is 35.5. The minimum absolute atomic E-state index is 0.344. The Hall–Kier alpha value is -1.99. The van der Waals surface area contributed by atoms with Gasteiger partial charge in [-0.2, -0.15) is 10.2 Å². The van der Waals surface area contributed by atoms with Crippen LogP contribution in [0.5, 0.6) is 0 Å². The number of hydrogen-bond donors (Lipinski definition) is 0. The summed E-state index contributed by atoms with van der Waals surface area (Å²) < 4.78 is 5.92. The first-order valence-electron chi connectivity index (χ1n) is 7.48. The van der Waals surface area contributed by atoms with Crippen LogP contribution in [-0.2, 0) is 0 Å². The number of nitrogens with zero attached hydrogens (tertiary/aromatic N) is 3. The Morgan fingerprint density at radius 1 is 1.32 bits per heavy atom. The largest absolute Gasteiger partial charge is 0.419 e.